The van der Waals surface area contributed by atoms with Gasteiger partial charge in [-0.05, 0) is 12.8 Å². The molecule has 60 valence electrons. The fourth-order valence-electron chi connectivity index (χ4n) is 0.991. The number of nitriles is 1. The van der Waals surface area contributed by atoms with Crippen molar-refractivity contribution in [1.82, 2.24) is 4.90 Å². The summed E-state index contributed by atoms with van der Waals surface area (Å²) in [6.45, 7) is 0.358. The average Bonchev–Trinajstić information content (AvgIpc) is 2.71. The molecule has 0 radical (unpaired) electrons. The number of carbonyl (C=O) groups is 1. The molecule has 0 unspecified atom stereocenters. The van der Waals surface area contributed by atoms with Gasteiger partial charge in [0.15, 0.2) is 0 Å². The predicted octanol–water partition coefficient (Wildman–Crippen LogP) is 1.04. The lowest BCUT2D eigenvalue weighted by Gasteiger charge is -2.15. The second-order valence-corrected chi connectivity index (χ2v) is 2.62. The van der Waals surface area contributed by atoms with E-state index in [9.17, 15) is 4.79 Å². The second kappa shape index (κ2) is 3.24. The maximum absolute atomic E-state index is 10.5. The summed E-state index contributed by atoms with van der Waals surface area (Å²) < 4.78 is 0. The molecule has 11 heavy (non-hydrogen) atoms. The van der Waals surface area contributed by atoms with Crippen molar-refractivity contribution in [3.8, 4) is 6.07 Å². The second-order valence-electron chi connectivity index (χ2n) is 2.62. The number of carboxylic acid groups (broad SMARTS) is 1. The van der Waals surface area contributed by atoms with Crippen LogP contribution in [-0.2, 0) is 0 Å². The number of amides is 1. The van der Waals surface area contributed by atoms with Crippen molar-refractivity contribution in [3.05, 3.63) is 0 Å². The highest BCUT2D eigenvalue weighted by atomic mass is 16.4. The predicted molar refractivity (Wildman–Crippen MR) is 38.0 cm³/mol. The van der Waals surface area contributed by atoms with Gasteiger partial charge in [0, 0.05) is 12.6 Å². The van der Waals surface area contributed by atoms with Crippen LogP contribution in [0.1, 0.15) is 19.3 Å². The molecule has 1 saturated carbocycles. The summed E-state index contributed by atoms with van der Waals surface area (Å²) in [4.78, 5) is 11.9. The SMILES string of the molecule is N#CCCN(C(=O)O)C1CC1. The fourth-order valence-corrected chi connectivity index (χ4v) is 0.991. The Bertz CT molecular complexity index is 193. The minimum Gasteiger partial charge on any atom is -0.465 e. The Morgan fingerprint density at radius 2 is 2.36 bits per heavy atom. The number of hydrogen-bond acceptors (Lipinski definition) is 2. The lowest BCUT2D eigenvalue weighted by Crippen LogP contribution is -2.32. The highest BCUT2D eigenvalue weighted by molar-refractivity contribution is 5.65. The molecule has 1 aliphatic rings. The van der Waals surface area contributed by atoms with Crippen molar-refractivity contribution in [2.75, 3.05) is 6.54 Å². The lowest BCUT2D eigenvalue weighted by atomic mass is 10.4. The Morgan fingerprint density at radius 1 is 1.73 bits per heavy atom. The standard InChI is InChI=1S/C7H10N2O2/c8-4-1-5-9(7(10)11)6-2-3-6/h6H,1-3,5H2,(H,10,11). The molecule has 0 bridgehead atoms. The van der Waals surface area contributed by atoms with E-state index in [0.717, 1.165) is 12.8 Å². The van der Waals surface area contributed by atoms with Crippen molar-refractivity contribution < 1.29 is 9.90 Å². The van der Waals surface area contributed by atoms with Crippen LogP contribution in [0.5, 0.6) is 0 Å². The minimum absolute atomic E-state index is 0.195. The molecule has 1 N–H and O–H groups in total. The third-order valence-corrected chi connectivity index (χ3v) is 1.70. The van der Waals surface area contributed by atoms with Gasteiger partial charge < -0.3 is 10.0 Å². The molecule has 1 rings (SSSR count). The van der Waals surface area contributed by atoms with E-state index < -0.39 is 6.09 Å². The number of hydrogen-bond donors (Lipinski definition) is 1. The zero-order valence-electron chi connectivity index (χ0n) is 6.16. The number of rotatable bonds is 3. The van der Waals surface area contributed by atoms with Gasteiger partial charge in [0.05, 0.1) is 12.5 Å². The van der Waals surface area contributed by atoms with Crippen LogP contribution in [0.3, 0.4) is 0 Å². The fraction of sp³-hybridized carbons (Fsp3) is 0.714. The van der Waals surface area contributed by atoms with Crippen LogP contribution in [0.15, 0.2) is 0 Å². The molecule has 0 atom stereocenters. The quantitative estimate of drug-likeness (QED) is 0.660. The van der Waals surface area contributed by atoms with E-state index in [4.69, 9.17) is 10.4 Å². The molecule has 0 spiro atoms. The molecular formula is C7H10N2O2. The van der Waals surface area contributed by atoms with E-state index in [2.05, 4.69) is 0 Å². The molecule has 0 saturated heterocycles. The molecule has 1 fully saturated rings. The first kappa shape index (κ1) is 7.86. The molecule has 4 nitrogen and oxygen atoms in total. The van der Waals surface area contributed by atoms with Crippen molar-refractivity contribution in [2.45, 2.75) is 25.3 Å². The van der Waals surface area contributed by atoms with E-state index >= 15 is 0 Å². The van der Waals surface area contributed by atoms with E-state index in [-0.39, 0.29) is 6.04 Å². The van der Waals surface area contributed by atoms with Crippen LogP contribution >= 0.6 is 0 Å². The summed E-state index contributed by atoms with van der Waals surface area (Å²) in [5.41, 5.74) is 0. The normalized spacial score (nSPS) is 15.5. The Kier molecular flexibility index (Phi) is 2.32. The third-order valence-electron chi connectivity index (χ3n) is 1.70. The summed E-state index contributed by atoms with van der Waals surface area (Å²) in [6, 6.07) is 2.13. The topological polar surface area (TPSA) is 64.3 Å². The summed E-state index contributed by atoms with van der Waals surface area (Å²) in [5, 5.41) is 16.9. The van der Waals surface area contributed by atoms with Gasteiger partial charge in [-0.25, -0.2) is 4.79 Å². The Labute approximate surface area is 65.0 Å². The monoisotopic (exact) mass is 154 g/mol. The zero-order chi connectivity index (χ0) is 8.27. The maximum Gasteiger partial charge on any atom is 0.407 e. The maximum atomic E-state index is 10.5. The first-order valence-electron chi connectivity index (χ1n) is 3.62. The van der Waals surface area contributed by atoms with E-state index in [1.54, 1.807) is 0 Å². The summed E-state index contributed by atoms with van der Waals surface area (Å²) in [6.07, 6.45) is 1.31. The van der Waals surface area contributed by atoms with Crippen molar-refractivity contribution in [3.63, 3.8) is 0 Å². The van der Waals surface area contributed by atoms with Crippen LogP contribution < -0.4 is 0 Å². The van der Waals surface area contributed by atoms with Gasteiger partial charge in [-0.15, -0.1) is 0 Å². The van der Waals surface area contributed by atoms with Gasteiger partial charge in [0.2, 0.25) is 0 Å². The van der Waals surface area contributed by atoms with Gasteiger partial charge in [-0.1, -0.05) is 0 Å². The number of nitrogens with zero attached hydrogens (tertiary/aromatic N) is 2. The molecule has 0 aromatic heterocycles. The van der Waals surface area contributed by atoms with Crippen LogP contribution in [0.25, 0.3) is 0 Å². The van der Waals surface area contributed by atoms with Crippen molar-refractivity contribution in [1.29, 1.82) is 5.26 Å². The highest BCUT2D eigenvalue weighted by Crippen LogP contribution is 2.26. The van der Waals surface area contributed by atoms with E-state index in [0.29, 0.717) is 13.0 Å². The van der Waals surface area contributed by atoms with E-state index in [1.165, 1.54) is 4.90 Å². The first-order valence-corrected chi connectivity index (χ1v) is 3.62. The summed E-state index contributed by atoms with van der Waals surface area (Å²) in [5.74, 6) is 0. The van der Waals surface area contributed by atoms with Crippen molar-refractivity contribution >= 4 is 6.09 Å². The van der Waals surface area contributed by atoms with E-state index in [1.807, 2.05) is 6.07 Å². The smallest absolute Gasteiger partial charge is 0.407 e. The van der Waals surface area contributed by atoms with Gasteiger partial charge >= 0.3 is 6.09 Å². The average molecular weight is 154 g/mol. The molecule has 0 aromatic carbocycles. The minimum atomic E-state index is -0.900. The van der Waals surface area contributed by atoms with Crippen LogP contribution in [-0.4, -0.2) is 28.7 Å². The third kappa shape index (κ3) is 2.11. The zero-order valence-corrected chi connectivity index (χ0v) is 6.16. The van der Waals surface area contributed by atoms with Crippen molar-refractivity contribution in [2.24, 2.45) is 0 Å². The van der Waals surface area contributed by atoms with Gasteiger partial charge in [-0.2, -0.15) is 5.26 Å². The molecule has 1 aliphatic carbocycles. The van der Waals surface area contributed by atoms with Gasteiger partial charge in [0.25, 0.3) is 0 Å². The summed E-state index contributed by atoms with van der Waals surface area (Å²) >= 11 is 0. The van der Waals surface area contributed by atoms with Crippen LogP contribution in [0, 0.1) is 11.3 Å². The first-order chi connectivity index (χ1) is 5.25. The van der Waals surface area contributed by atoms with Gasteiger partial charge in [-0.3, -0.25) is 0 Å². The largest absolute Gasteiger partial charge is 0.465 e. The Morgan fingerprint density at radius 3 is 2.73 bits per heavy atom. The molecule has 0 heterocycles. The Hall–Kier alpha value is -1.24. The molecule has 0 aliphatic heterocycles. The summed E-state index contributed by atoms with van der Waals surface area (Å²) in [7, 11) is 0. The molecule has 0 aromatic rings. The molecule has 4 heteroatoms. The highest BCUT2D eigenvalue weighted by Gasteiger charge is 2.31. The lowest BCUT2D eigenvalue weighted by molar-refractivity contribution is 0.143. The van der Waals surface area contributed by atoms with Crippen LogP contribution in [0.2, 0.25) is 0 Å². The Balaban J connectivity index is 2.34. The molecular weight excluding hydrogens is 144 g/mol. The van der Waals surface area contributed by atoms with Gasteiger partial charge in [0.1, 0.15) is 0 Å². The molecule has 1 amide bonds. The van der Waals surface area contributed by atoms with Crippen LogP contribution in [0.4, 0.5) is 4.79 Å².